The average molecular weight is 295 g/mol. The van der Waals surface area contributed by atoms with Gasteiger partial charge in [-0.15, -0.1) is 0 Å². The highest BCUT2D eigenvalue weighted by Crippen LogP contribution is 2.45. The van der Waals surface area contributed by atoms with Crippen molar-refractivity contribution in [3.05, 3.63) is 28.3 Å². The minimum Gasteiger partial charge on any atom is -0.493 e. The number of halogens is 1. The van der Waals surface area contributed by atoms with Crippen LogP contribution in [0.3, 0.4) is 0 Å². The molecule has 2 aliphatic rings. The van der Waals surface area contributed by atoms with Gasteiger partial charge in [-0.2, -0.15) is 0 Å². The van der Waals surface area contributed by atoms with Gasteiger partial charge in [0, 0.05) is 17.9 Å². The molecule has 1 N–H and O–H groups in total. The number of fused-ring (bicyclic) bond motifs is 1. The summed E-state index contributed by atoms with van der Waals surface area (Å²) in [5.74, 6) is 1.34. The van der Waals surface area contributed by atoms with Crippen molar-refractivity contribution in [3.63, 3.8) is 0 Å². The summed E-state index contributed by atoms with van der Waals surface area (Å²) in [4.78, 5) is 0. The van der Waals surface area contributed by atoms with Crippen LogP contribution in [0.1, 0.15) is 44.2 Å². The van der Waals surface area contributed by atoms with E-state index in [9.17, 15) is 5.11 Å². The molecular weight excluding hydrogens is 272 g/mol. The van der Waals surface area contributed by atoms with Crippen molar-refractivity contribution in [1.82, 2.24) is 0 Å². The second-order valence-electron chi connectivity index (χ2n) is 6.91. The van der Waals surface area contributed by atoms with Gasteiger partial charge in [0.1, 0.15) is 5.75 Å². The van der Waals surface area contributed by atoms with E-state index in [0.29, 0.717) is 12.3 Å². The first kappa shape index (κ1) is 14.2. The van der Waals surface area contributed by atoms with Gasteiger partial charge in [0.05, 0.1) is 12.7 Å². The Morgan fingerprint density at radius 2 is 2.25 bits per heavy atom. The van der Waals surface area contributed by atoms with E-state index in [-0.39, 0.29) is 11.5 Å². The van der Waals surface area contributed by atoms with Gasteiger partial charge in [0.25, 0.3) is 0 Å². The standard InChI is InChI=1S/C17H23ClO2/c1-17(2)6-3-4-14(17)15(19)10-12-9-13(18)8-11-5-7-20-16(11)12/h8-9,14-15,19H,3-7,10H2,1-2H3. The lowest BCUT2D eigenvalue weighted by molar-refractivity contribution is 0.0538. The maximum Gasteiger partial charge on any atom is 0.126 e. The molecule has 0 aromatic heterocycles. The maximum absolute atomic E-state index is 10.7. The fraction of sp³-hybridized carbons (Fsp3) is 0.647. The largest absolute Gasteiger partial charge is 0.493 e. The third-order valence-electron chi connectivity index (χ3n) is 5.06. The van der Waals surface area contributed by atoms with Crippen LogP contribution in [0.5, 0.6) is 5.75 Å². The molecule has 1 aliphatic heterocycles. The Kier molecular flexibility index (Phi) is 3.72. The first-order chi connectivity index (χ1) is 9.47. The lowest BCUT2D eigenvalue weighted by Crippen LogP contribution is -2.31. The molecule has 0 amide bonds. The lowest BCUT2D eigenvalue weighted by Gasteiger charge is -2.31. The Labute approximate surface area is 126 Å². The predicted molar refractivity (Wildman–Crippen MR) is 81.5 cm³/mol. The molecule has 1 aromatic carbocycles. The zero-order valence-electron chi connectivity index (χ0n) is 12.3. The third kappa shape index (κ3) is 2.56. The molecule has 3 heteroatoms. The summed E-state index contributed by atoms with van der Waals surface area (Å²) in [6.45, 7) is 5.27. The third-order valence-corrected chi connectivity index (χ3v) is 5.28. The number of benzene rings is 1. The molecule has 2 unspecified atom stereocenters. The van der Waals surface area contributed by atoms with Crippen LogP contribution in [-0.2, 0) is 12.8 Å². The number of rotatable bonds is 3. The van der Waals surface area contributed by atoms with Crippen LogP contribution in [0.25, 0.3) is 0 Å². The molecule has 2 nitrogen and oxygen atoms in total. The molecule has 1 aromatic rings. The van der Waals surface area contributed by atoms with Crippen LogP contribution in [-0.4, -0.2) is 17.8 Å². The van der Waals surface area contributed by atoms with Crippen LogP contribution in [0.4, 0.5) is 0 Å². The summed E-state index contributed by atoms with van der Waals surface area (Å²) in [5, 5.41) is 11.4. The first-order valence-corrected chi connectivity index (χ1v) is 7.97. The van der Waals surface area contributed by atoms with Crippen molar-refractivity contribution in [2.24, 2.45) is 11.3 Å². The quantitative estimate of drug-likeness (QED) is 0.913. The van der Waals surface area contributed by atoms with E-state index in [1.807, 2.05) is 12.1 Å². The number of aliphatic hydroxyl groups excluding tert-OH is 1. The first-order valence-electron chi connectivity index (χ1n) is 7.59. The Balaban J connectivity index is 1.81. The maximum atomic E-state index is 10.7. The summed E-state index contributed by atoms with van der Waals surface area (Å²) < 4.78 is 5.73. The second-order valence-corrected chi connectivity index (χ2v) is 7.35. The molecule has 3 rings (SSSR count). The van der Waals surface area contributed by atoms with Crippen molar-refractivity contribution in [2.45, 2.75) is 52.1 Å². The van der Waals surface area contributed by atoms with Crippen molar-refractivity contribution in [3.8, 4) is 5.75 Å². The minimum atomic E-state index is -0.306. The molecule has 20 heavy (non-hydrogen) atoms. The Morgan fingerprint density at radius 1 is 1.45 bits per heavy atom. The lowest BCUT2D eigenvalue weighted by atomic mass is 9.77. The number of ether oxygens (including phenoxy) is 1. The highest BCUT2D eigenvalue weighted by atomic mass is 35.5. The molecule has 1 aliphatic carbocycles. The zero-order valence-corrected chi connectivity index (χ0v) is 13.0. The molecule has 0 bridgehead atoms. The molecule has 1 saturated carbocycles. The van der Waals surface area contributed by atoms with Crippen molar-refractivity contribution < 1.29 is 9.84 Å². The molecule has 0 radical (unpaired) electrons. The van der Waals surface area contributed by atoms with Gasteiger partial charge in [-0.25, -0.2) is 0 Å². The van der Waals surface area contributed by atoms with Crippen molar-refractivity contribution in [1.29, 1.82) is 0 Å². The van der Waals surface area contributed by atoms with E-state index in [1.54, 1.807) is 0 Å². The Morgan fingerprint density at radius 3 is 2.95 bits per heavy atom. The summed E-state index contributed by atoms with van der Waals surface area (Å²) in [5.41, 5.74) is 2.49. The Bertz CT molecular complexity index is 510. The van der Waals surface area contributed by atoms with E-state index in [0.717, 1.165) is 35.8 Å². The van der Waals surface area contributed by atoms with E-state index in [4.69, 9.17) is 16.3 Å². The van der Waals surface area contributed by atoms with E-state index in [1.165, 1.54) is 18.4 Å². The SMILES string of the molecule is CC1(C)CCCC1C(O)Cc1cc(Cl)cc2c1OCC2. The van der Waals surface area contributed by atoms with Crippen LogP contribution in [0, 0.1) is 11.3 Å². The zero-order chi connectivity index (χ0) is 14.3. The molecule has 1 heterocycles. The molecular formula is C17H23ClO2. The summed E-state index contributed by atoms with van der Waals surface area (Å²) >= 11 is 6.19. The van der Waals surface area contributed by atoms with Crippen LogP contribution >= 0.6 is 11.6 Å². The van der Waals surface area contributed by atoms with Gasteiger partial charge >= 0.3 is 0 Å². The normalized spacial score (nSPS) is 25.3. The summed E-state index contributed by atoms with van der Waals surface area (Å²) in [6, 6.07) is 3.94. The van der Waals surface area contributed by atoms with E-state index < -0.39 is 0 Å². The van der Waals surface area contributed by atoms with Gasteiger partial charge in [-0.05, 0) is 47.4 Å². The van der Waals surface area contributed by atoms with Crippen molar-refractivity contribution >= 4 is 11.6 Å². The van der Waals surface area contributed by atoms with E-state index in [2.05, 4.69) is 13.8 Å². The molecule has 110 valence electrons. The molecule has 1 fully saturated rings. The number of hydrogen-bond acceptors (Lipinski definition) is 2. The molecule has 2 atom stereocenters. The average Bonchev–Trinajstić information content (AvgIpc) is 2.94. The van der Waals surface area contributed by atoms with Gasteiger partial charge < -0.3 is 9.84 Å². The van der Waals surface area contributed by atoms with Crippen LogP contribution in [0.15, 0.2) is 12.1 Å². The van der Waals surface area contributed by atoms with Crippen LogP contribution in [0.2, 0.25) is 5.02 Å². The summed E-state index contributed by atoms with van der Waals surface area (Å²) in [7, 11) is 0. The van der Waals surface area contributed by atoms with Crippen LogP contribution < -0.4 is 4.74 Å². The number of hydrogen-bond donors (Lipinski definition) is 1. The summed E-state index contributed by atoms with van der Waals surface area (Å²) in [6.07, 6.45) is 4.82. The second kappa shape index (κ2) is 5.23. The predicted octanol–water partition coefficient (Wildman–Crippen LogP) is 4.00. The topological polar surface area (TPSA) is 29.5 Å². The van der Waals surface area contributed by atoms with Gasteiger partial charge in [0.15, 0.2) is 0 Å². The smallest absolute Gasteiger partial charge is 0.126 e. The van der Waals surface area contributed by atoms with E-state index >= 15 is 0 Å². The van der Waals surface area contributed by atoms with Gasteiger partial charge in [0.2, 0.25) is 0 Å². The number of aliphatic hydroxyl groups is 1. The highest BCUT2D eigenvalue weighted by Gasteiger charge is 2.39. The molecule has 0 saturated heterocycles. The minimum absolute atomic E-state index is 0.238. The monoisotopic (exact) mass is 294 g/mol. The molecule has 0 spiro atoms. The Hall–Kier alpha value is -0.730. The van der Waals surface area contributed by atoms with Gasteiger partial charge in [-0.3, -0.25) is 0 Å². The fourth-order valence-electron chi connectivity index (χ4n) is 3.93. The van der Waals surface area contributed by atoms with Gasteiger partial charge in [-0.1, -0.05) is 31.9 Å². The fourth-order valence-corrected chi connectivity index (χ4v) is 4.20. The highest BCUT2D eigenvalue weighted by molar-refractivity contribution is 6.30. The van der Waals surface area contributed by atoms with Crippen molar-refractivity contribution in [2.75, 3.05) is 6.61 Å².